The topological polar surface area (TPSA) is 12.0 Å². The molecule has 1 heterocycles. The van der Waals surface area contributed by atoms with E-state index in [1.807, 2.05) is 0 Å². The Balaban J connectivity index is 1.81. The fourth-order valence-corrected chi connectivity index (χ4v) is 4.10. The summed E-state index contributed by atoms with van der Waals surface area (Å²) in [4.78, 5) is 0. The highest BCUT2D eigenvalue weighted by molar-refractivity contribution is 5.01. The first-order chi connectivity index (χ1) is 5.89. The molecule has 68 valence electrons. The third kappa shape index (κ3) is 0.891. The van der Waals surface area contributed by atoms with E-state index in [0.717, 1.165) is 17.3 Å². The minimum absolute atomic E-state index is 0.828. The molecular weight excluding hydrogens is 146 g/mol. The van der Waals surface area contributed by atoms with Crippen LogP contribution in [0.5, 0.6) is 0 Å². The lowest BCUT2D eigenvalue weighted by atomic mass is 9.67. The second-order valence-corrected chi connectivity index (χ2v) is 5.19. The van der Waals surface area contributed by atoms with Crippen LogP contribution < -0.4 is 5.32 Å². The van der Waals surface area contributed by atoms with Gasteiger partial charge in [-0.05, 0) is 62.4 Å². The highest BCUT2D eigenvalue weighted by Crippen LogP contribution is 2.59. The fraction of sp³-hybridized carbons (Fsp3) is 1.00. The van der Waals surface area contributed by atoms with Crippen LogP contribution in [0.3, 0.4) is 0 Å². The number of hydrogen-bond acceptors (Lipinski definition) is 1. The Morgan fingerprint density at radius 3 is 2.50 bits per heavy atom. The van der Waals surface area contributed by atoms with Gasteiger partial charge in [-0.1, -0.05) is 6.42 Å². The Hall–Kier alpha value is -0.0400. The number of piperidine rings is 1. The first-order valence-corrected chi connectivity index (χ1v) is 5.60. The van der Waals surface area contributed by atoms with E-state index in [4.69, 9.17) is 0 Å². The van der Waals surface area contributed by atoms with Gasteiger partial charge in [0, 0.05) is 0 Å². The summed E-state index contributed by atoms with van der Waals surface area (Å²) < 4.78 is 0. The Labute approximate surface area is 74.9 Å². The van der Waals surface area contributed by atoms with Crippen LogP contribution in [0.1, 0.15) is 38.5 Å². The molecule has 2 saturated carbocycles. The van der Waals surface area contributed by atoms with E-state index in [1.54, 1.807) is 25.7 Å². The van der Waals surface area contributed by atoms with Crippen LogP contribution in [0.25, 0.3) is 0 Å². The zero-order valence-corrected chi connectivity index (χ0v) is 7.81. The molecule has 0 aromatic rings. The van der Waals surface area contributed by atoms with Crippen molar-refractivity contribution in [1.29, 1.82) is 0 Å². The van der Waals surface area contributed by atoms with Gasteiger partial charge >= 0.3 is 0 Å². The molecule has 2 aliphatic carbocycles. The largest absolute Gasteiger partial charge is 0.317 e. The molecule has 1 saturated heterocycles. The standard InChI is InChI=1S/C11H19N/c1-2-10-7-9(1)8-11(10)3-5-12-6-4-11/h9-10,12H,1-8H2. The van der Waals surface area contributed by atoms with Crippen LogP contribution >= 0.6 is 0 Å². The van der Waals surface area contributed by atoms with Crippen molar-refractivity contribution in [2.45, 2.75) is 38.5 Å². The molecule has 1 spiro atoms. The second kappa shape index (κ2) is 2.47. The molecule has 1 nitrogen and oxygen atoms in total. The lowest BCUT2D eigenvalue weighted by Gasteiger charge is -2.41. The van der Waals surface area contributed by atoms with Crippen molar-refractivity contribution in [3.05, 3.63) is 0 Å². The van der Waals surface area contributed by atoms with Gasteiger partial charge in [0.25, 0.3) is 0 Å². The van der Waals surface area contributed by atoms with E-state index in [2.05, 4.69) is 5.32 Å². The molecule has 1 heteroatoms. The van der Waals surface area contributed by atoms with Crippen LogP contribution in [-0.2, 0) is 0 Å². The van der Waals surface area contributed by atoms with Gasteiger partial charge in [0.2, 0.25) is 0 Å². The Morgan fingerprint density at radius 1 is 1.08 bits per heavy atom. The quantitative estimate of drug-likeness (QED) is 0.580. The Morgan fingerprint density at radius 2 is 1.92 bits per heavy atom. The van der Waals surface area contributed by atoms with E-state index >= 15 is 0 Å². The van der Waals surface area contributed by atoms with Gasteiger partial charge in [0.15, 0.2) is 0 Å². The smallest absolute Gasteiger partial charge is 0.00435 e. The average Bonchev–Trinajstić information content (AvgIpc) is 2.65. The molecule has 1 aliphatic heterocycles. The normalized spacial score (nSPS) is 44.0. The lowest BCUT2D eigenvalue weighted by molar-refractivity contribution is 0.111. The maximum absolute atomic E-state index is 3.50. The number of hydrogen-bond donors (Lipinski definition) is 1. The van der Waals surface area contributed by atoms with E-state index < -0.39 is 0 Å². The van der Waals surface area contributed by atoms with Gasteiger partial charge in [-0.2, -0.15) is 0 Å². The summed E-state index contributed by atoms with van der Waals surface area (Å²) in [6, 6.07) is 0. The zero-order chi connectivity index (χ0) is 8.02. The highest BCUT2D eigenvalue weighted by Gasteiger charge is 2.50. The molecule has 1 N–H and O–H groups in total. The van der Waals surface area contributed by atoms with Crippen molar-refractivity contribution in [2.24, 2.45) is 17.3 Å². The minimum Gasteiger partial charge on any atom is -0.317 e. The Bertz CT molecular complexity index is 181. The van der Waals surface area contributed by atoms with Crippen molar-refractivity contribution >= 4 is 0 Å². The number of nitrogens with one attached hydrogen (secondary N) is 1. The van der Waals surface area contributed by atoms with Crippen molar-refractivity contribution in [3.63, 3.8) is 0 Å². The molecule has 12 heavy (non-hydrogen) atoms. The third-order valence-electron chi connectivity index (χ3n) is 4.70. The van der Waals surface area contributed by atoms with Gasteiger partial charge in [-0.25, -0.2) is 0 Å². The maximum Gasteiger partial charge on any atom is -0.00435 e. The predicted octanol–water partition coefficient (Wildman–Crippen LogP) is 2.18. The first kappa shape index (κ1) is 7.37. The van der Waals surface area contributed by atoms with Crippen LogP contribution in [-0.4, -0.2) is 13.1 Å². The van der Waals surface area contributed by atoms with Gasteiger partial charge in [0.1, 0.15) is 0 Å². The van der Waals surface area contributed by atoms with Crippen LogP contribution in [0.2, 0.25) is 0 Å². The van der Waals surface area contributed by atoms with Crippen molar-refractivity contribution in [3.8, 4) is 0 Å². The summed E-state index contributed by atoms with van der Waals surface area (Å²) in [6.07, 6.45) is 9.24. The summed E-state index contributed by atoms with van der Waals surface area (Å²) in [6.45, 7) is 2.59. The maximum atomic E-state index is 3.50. The third-order valence-corrected chi connectivity index (χ3v) is 4.70. The summed E-state index contributed by atoms with van der Waals surface area (Å²) in [5, 5.41) is 3.50. The predicted molar refractivity (Wildman–Crippen MR) is 50.0 cm³/mol. The second-order valence-electron chi connectivity index (χ2n) is 5.19. The van der Waals surface area contributed by atoms with Crippen LogP contribution in [0.4, 0.5) is 0 Å². The monoisotopic (exact) mass is 165 g/mol. The zero-order valence-electron chi connectivity index (χ0n) is 7.81. The average molecular weight is 165 g/mol. The number of rotatable bonds is 0. The minimum atomic E-state index is 0.828. The molecule has 0 amide bonds. The molecule has 0 radical (unpaired) electrons. The van der Waals surface area contributed by atoms with E-state index in [-0.39, 0.29) is 0 Å². The molecular formula is C11H19N. The summed E-state index contributed by atoms with van der Waals surface area (Å²) in [7, 11) is 0. The molecule has 2 bridgehead atoms. The molecule has 3 aliphatic rings. The molecule has 3 fully saturated rings. The van der Waals surface area contributed by atoms with Gasteiger partial charge in [-0.3, -0.25) is 0 Å². The molecule has 2 atom stereocenters. The van der Waals surface area contributed by atoms with Gasteiger partial charge in [-0.15, -0.1) is 0 Å². The SMILES string of the molecule is C1CC2(CCN1)CC1CCC2C1. The van der Waals surface area contributed by atoms with Gasteiger partial charge < -0.3 is 5.32 Å². The molecule has 2 unspecified atom stereocenters. The first-order valence-electron chi connectivity index (χ1n) is 5.60. The summed E-state index contributed by atoms with van der Waals surface area (Å²) in [5.74, 6) is 2.26. The van der Waals surface area contributed by atoms with Crippen LogP contribution in [0, 0.1) is 17.3 Å². The van der Waals surface area contributed by atoms with Gasteiger partial charge in [0.05, 0.1) is 0 Å². The van der Waals surface area contributed by atoms with Crippen molar-refractivity contribution < 1.29 is 0 Å². The molecule has 0 aromatic heterocycles. The van der Waals surface area contributed by atoms with E-state index in [0.29, 0.717) is 0 Å². The van der Waals surface area contributed by atoms with E-state index in [9.17, 15) is 0 Å². The van der Waals surface area contributed by atoms with Crippen LogP contribution in [0.15, 0.2) is 0 Å². The molecule has 3 rings (SSSR count). The Kier molecular flexibility index (Phi) is 1.52. The summed E-state index contributed by atoms with van der Waals surface area (Å²) in [5.41, 5.74) is 0.828. The van der Waals surface area contributed by atoms with E-state index in [1.165, 1.54) is 25.9 Å². The highest BCUT2D eigenvalue weighted by atomic mass is 14.9. The fourth-order valence-electron chi connectivity index (χ4n) is 4.10. The summed E-state index contributed by atoms with van der Waals surface area (Å²) >= 11 is 0. The molecule has 0 aromatic carbocycles. The lowest BCUT2D eigenvalue weighted by Crippen LogP contribution is -2.39. The van der Waals surface area contributed by atoms with Crippen molar-refractivity contribution in [1.82, 2.24) is 5.32 Å². The van der Waals surface area contributed by atoms with Crippen molar-refractivity contribution in [2.75, 3.05) is 13.1 Å². The number of fused-ring (bicyclic) bond motifs is 3.